The monoisotopic (exact) mass is 455 g/mol. The van der Waals surface area contributed by atoms with Crippen LogP contribution in [-0.2, 0) is 24.4 Å². The third-order valence-electron chi connectivity index (χ3n) is 3.30. The predicted octanol–water partition coefficient (Wildman–Crippen LogP) is -1.44. The number of aliphatic carboxylic acids is 1. The topological polar surface area (TPSA) is 170 Å². The van der Waals surface area contributed by atoms with Crippen LogP contribution in [0.4, 0.5) is 0 Å². The molecule has 29 heavy (non-hydrogen) atoms. The van der Waals surface area contributed by atoms with Crippen molar-refractivity contribution in [1.82, 2.24) is 5.32 Å². The molecule has 0 saturated heterocycles. The molecule has 158 valence electrons. The second kappa shape index (κ2) is 16.6. The molecule has 0 aromatic heterocycles. The second-order valence-electron chi connectivity index (χ2n) is 5.99. The Morgan fingerprint density at radius 1 is 1.24 bits per heavy atom. The molecule has 0 aliphatic carbocycles. The zero-order chi connectivity index (χ0) is 22.7. The number of carbonyl (C=O) groups is 2. The minimum absolute atomic E-state index is 0. The number of aliphatic hydroxyl groups excluding tert-OH is 2. The molecule has 10 nitrogen and oxygen atoms in total. The van der Waals surface area contributed by atoms with Gasteiger partial charge in [0.1, 0.15) is 0 Å². The van der Waals surface area contributed by atoms with Gasteiger partial charge in [0, 0.05) is 5.57 Å². The molecule has 0 aliphatic heterocycles. The van der Waals surface area contributed by atoms with E-state index in [1.165, 1.54) is 13.8 Å². The molecule has 1 amide bonds. The van der Waals surface area contributed by atoms with Gasteiger partial charge in [-0.2, -0.15) is 8.42 Å². The van der Waals surface area contributed by atoms with Gasteiger partial charge in [0.2, 0.25) is 0 Å². The van der Waals surface area contributed by atoms with Crippen LogP contribution in [0.1, 0.15) is 13.8 Å². The molecule has 0 fully saturated rings. The number of aliphatic hydroxyl groups is 2. The van der Waals surface area contributed by atoms with Crippen LogP contribution in [0.25, 0.3) is 0 Å². The van der Waals surface area contributed by atoms with E-state index in [-0.39, 0.29) is 39.5 Å². The first-order valence-electron chi connectivity index (χ1n) is 8.10. The molecule has 3 atom stereocenters. The Hall–Kier alpha value is -0.0500. The molecule has 0 heterocycles. The fraction of sp³-hybridized carbons (Fsp3) is 0.500. The molecule has 0 saturated carbocycles. The molecule has 5 N–H and O–H groups in total. The summed E-state index contributed by atoms with van der Waals surface area (Å²) in [7, 11) is -4.49. The molecule has 13 heteroatoms. The standard InChI is InChI=1S/C10H15NO6S.C6H11O3.2Na.H/c1-5(2)9(18(15,16)17)11-8(12)6(3)7(4)10(13)14;1-2-3-9-5-6(8)4-7;;;/h5,9H,3-4H2,1-2H3,(H,11,12)(H,13,14)(H,15,16,17);2,5-8H,1,3-4H2;;;. The average molecular weight is 455 g/mol. The molecule has 0 aromatic rings. The van der Waals surface area contributed by atoms with Gasteiger partial charge in [-0.25, -0.2) is 4.79 Å². The first-order chi connectivity index (χ1) is 12.7. The summed E-state index contributed by atoms with van der Waals surface area (Å²) in [5.74, 6) is -3.06. The molecular formula is C16H27NNa2O9S. The van der Waals surface area contributed by atoms with Crippen LogP contribution in [0.2, 0.25) is 0 Å². The van der Waals surface area contributed by atoms with Gasteiger partial charge in [0.05, 0.1) is 5.57 Å². The average Bonchev–Trinajstić information content (AvgIpc) is 2.60. The minimum atomic E-state index is -4.49. The van der Waals surface area contributed by atoms with E-state index in [1.807, 2.05) is 5.32 Å². The zero-order valence-electron chi connectivity index (χ0n) is 16.2. The number of rotatable bonds is 11. The number of amides is 1. The van der Waals surface area contributed by atoms with E-state index in [1.54, 1.807) is 6.08 Å². The van der Waals surface area contributed by atoms with Crippen molar-refractivity contribution in [2.45, 2.75) is 28.7 Å². The van der Waals surface area contributed by atoms with Crippen LogP contribution in [0.3, 0.4) is 0 Å². The van der Waals surface area contributed by atoms with Crippen molar-refractivity contribution in [1.29, 1.82) is 0 Å². The second-order valence-corrected chi connectivity index (χ2v) is 8.67. The van der Waals surface area contributed by atoms with Crippen LogP contribution < -0.4 is 5.32 Å². The first-order valence-corrected chi connectivity index (χ1v) is 10.8. The summed E-state index contributed by atoms with van der Waals surface area (Å²) in [6, 6.07) is 0. The van der Waals surface area contributed by atoms with Gasteiger partial charge in [-0.3, -0.25) is 9.35 Å². The molecule has 0 radical (unpaired) electrons. The quantitative estimate of drug-likeness (QED) is 0.0823. The van der Waals surface area contributed by atoms with E-state index in [2.05, 4.69) is 19.7 Å². The van der Waals surface area contributed by atoms with Crippen molar-refractivity contribution in [2.75, 3.05) is 13.2 Å². The Bertz CT molecular complexity index is 680. The molecule has 0 rings (SSSR count). The molecular weight excluding hydrogens is 428 g/mol. The summed E-state index contributed by atoms with van der Waals surface area (Å²) in [5.41, 5.74) is -1.03. The number of carboxylic acids is 1. The number of hydrogen-bond donors (Lipinski definition) is 5. The maximum atomic E-state index is 11.5. The molecule has 0 spiro atoms. The summed E-state index contributed by atoms with van der Waals surface area (Å²) < 4.78 is 35.8. The summed E-state index contributed by atoms with van der Waals surface area (Å²) in [6.45, 7) is 12.9. The molecule has 3 unspecified atom stereocenters. The van der Waals surface area contributed by atoms with Crippen LogP contribution in [0.15, 0.2) is 37.0 Å². The Kier molecular flexibility index (Phi) is 19.2. The van der Waals surface area contributed by atoms with Crippen LogP contribution >= 0.6 is 0 Å². The van der Waals surface area contributed by atoms with Crippen LogP contribution in [0.5, 0.6) is 0 Å². The van der Waals surface area contributed by atoms with Crippen molar-refractivity contribution in [3.63, 3.8) is 0 Å². The van der Waals surface area contributed by atoms with Crippen molar-refractivity contribution >= 4 is 79.5 Å². The number of hydrogen-bond acceptors (Lipinski definition) is 7. The van der Waals surface area contributed by atoms with E-state index < -0.39 is 50.5 Å². The van der Waals surface area contributed by atoms with Crippen molar-refractivity contribution in [3.05, 3.63) is 37.0 Å². The Labute approximate surface area is 210 Å². The maximum absolute atomic E-state index is 11.5. The van der Waals surface area contributed by atoms with Crippen LogP contribution in [-0.4, -0.2) is 126 Å². The third kappa shape index (κ3) is 14.6. The number of ether oxygens (including phenoxy) is 1. The van der Waals surface area contributed by atoms with E-state index in [9.17, 15) is 18.0 Å². The molecule has 0 aromatic carbocycles. The Balaban J connectivity index is -0.000000525. The molecule has 0 aliphatic rings. The van der Waals surface area contributed by atoms with E-state index >= 15 is 0 Å². The van der Waals surface area contributed by atoms with Crippen LogP contribution in [0, 0.1) is 5.92 Å². The van der Waals surface area contributed by atoms with Crippen molar-refractivity contribution in [3.8, 4) is 0 Å². The SMILES string of the molecule is C=C(C(=C)C(=O)NC(C(C)C)S(=O)(=O)O)C(=O)O.C=CCO[CH]([Na])C(O)CO.[NaH]. The Morgan fingerprint density at radius 3 is 2.03 bits per heavy atom. The summed E-state index contributed by atoms with van der Waals surface area (Å²) in [5, 5.41) is 26.5. The summed E-state index contributed by atoms with van der Waals surface area (Å²) >= 11 is 0.717. The predicted molar refractivity (Wildman–Crippen MR) is 110 cm³/mol. The number of carboxylic acid groups (broad SMARTS) is 1. The fourth-order valence-corrected chi connectivity index (χ4v) is 2.89. The first kappa shape index (κ1) is 33.6. The number of nitrogens with one attached hydrogen (secondary N) is 1. The summed E-state index contributed by atoms with van der Waals surface area (Å²) in [6.07, 6.45) is 0.890. The van der Waals surface area contributed by atoms with Gasteiger partial charge in [0.15, 0.2) is 5.37 Å². The van der Waals surface area contributed by atoms with Gasteiger partial charge in [0.25, 0.3) is 16.0 Å². The normalized spacial score (nSPS) is 13.7. The van der Waals surface area contributed by atoms with Gasteiger partial charge < -0.3 is 10.4 Å². The fourth-order valence-electron chi connectivity index (χ4n) is 1.55. The summed E-state index contributed by atoms with van der Waals surface area (Å²) in [4.78, 5) is 22.1. The van der Waals surface area contributed by atoms with Gasteiger partial charge in [-0.1, -0.05) is 27.0 Å². The Morgan fingerprint density at radius 2 is 1.72 bits per heavy atom. The van der Waals surface area contributed by atoms with Gasteiger partial charge in [-0.15, -0.1) is 0 Å². The number of carbonyl (C=O) groups excluding carboxylic acids is 1. The van der Waals surface area contributed by atoms with E-state index in [4.69, 9.17) is 24.6 Å². The van der Waals surface area contributed by atoms with Gasteiger partial charge >= 0.3 is 114 Å². The van der Waals surface area contributed by atoms with Crippen molar-refractivity contribution in [2.24, 2.45) is 5.92 Å². The van der Waals surface area contributed by atoms with E-state index in [0.29, 0.717) is 34.5 Å². The van der Waals surface area contributed by atoms with Crippen molar-refractivity contribution < 1.29 is 42.6 Å². The van der Waals surface area contributed by atoms with E-state index in [0.717, 1.165) is 0 Å². The van der Waals surface area contributed by atoms with Gasteiger partial charge in [-0.05, 0) is 5.92 Å². The molecule has 0 bridgehead atoms. The third-order valence-corrected chi connectivity index (χ3v) is 5.71. The zero-order valence-corrected chi connectivity index (χ0v) is 19.0.